The number of aromatic nitrogens is 3. The molecule has 0 fully saturated rings. The van der Waals surface area contributed by atoms with Crippen LogP contribution in [0.25, 0.3) is 0 Å². The number of carbonyl (C=O) groups excluding carboxylic acids is 2. The van der Waals surface area contributed by atoms with Crippen LogP contribution in [0.4, 0.5) is 0 Å². The first kappa shape index (κ1) is 18.2. The highest BCUT2D eigenvalue weighted by atomic mass is 16.5. The van der Waals surface area contributed by atoms with Gasteiger partial charge in [0.1, 0.15) is 0 Å². The van der Waals surface area contributed by atoms with Crippen molar-refractivity contribution in [2.45, 2.75) is 50.6 Å². The highest BCUT2D eigenvalue weighted by Crippen LogP contribution is 2.46. The standard InChI is InChI=1S/C17H23N3O6/c1-4-25-12(21)10-16-6-8-17(9-7-16,11-13(22)26-5-2)20-15(24)18(3)14(23)19(16)20/h6,8H,4-5,7,9-11H2,1-3H3. The molecule has 9 heteroatoms. The van der Waals surface area contributed by atoms with Gasteiger partial charge >= 0.3 is 23.3 Å². The average molecular weight is 365 g/mol. The number of esters is 2. The molecule has 2 aliphatic heterocycles. The van der Waals surface area contributed by atoms with E-state index in [0.29, 0.717) is 12.8 Å². The van der Waals surface area contributed by atoms with E-state index in [0.717, 1.165) is 4.57 Å². The second-order valence-corrected chi connectivity index (χ2v) is 6.75. The third-order valence-electron chi connectivity index (χ3n) is 5.19. The molecule has 0 saturated carbocycles. The van der Waals surface area contributed by atoms with Crippen LogP contribution in [-0.4, -0.2) is 39.1 Å². The Balaban J connectivity index is 2.13. The van der Waals surface area contributed by atoms with Gasteiger partial charge in [0.2, 0.25) is 0 Å². The molecule has 2 atom stereocenters. The van der Waals surface area contributed by atoms with E-state index in [1.54, 1.807) is 26.0 Å². The van der Waals surface area contributed by atoms with Gasteiger partial charge in [0.25, 0.3) is 0 Å². The lowest BCUT2D eigenvalue weighted by atomic mass is 9.73. The fraction of sp³-hybridized carbons (Fsp3) is 0.647. The van der Waals surface area contributed by atoms with Crippen LogP contribution in [0.5, 0.6) is 0 Å². The van der Waals surface area contributed by atoms with Gasteiger partial charge in [-0.25, -0.2) is 23.5 Å². The topological polar surface area (TPSA) is 102 Å². The van der Waals surface area contributed by atoms with Crippen molar-refractivity contribution < 1.29 is 19.1 Å². The van der Waals surface area contributed by atoms with Crippen LogP contribution in [0.15, 0.2) is 21.7 Å². The van der Waals surface area contributed by atoms with Crippen molar-refractivity contribution >= 4 is 11.9 Å². The molecule has 0 N–H and O–H groups in total. The molecule has 1 aliphatic carbocycles. The largest absolute Gasteiger partial charge is 0.466 e. The highest BCUT2D eigenvalue weighted by molar-refractivity contribution is 5.72. The third kappa shape index (κ3) is 2.53. The first-order valence-corrected chi connectivity index (χ1v) is 8.74. The summed E-state index contributed by atoms with van der Waals surface area (Å²) >= 11 is 0. The Kier molecular flexibility index (Phi) is 4.41. The van der Waals surface area contributed by atoms with E-state index in [9.17, 15) is 19.2 Å². The Bertz CT molecular complexity index is 822. The van der Waals surface area contributed by atoms with Gasteiger partial charge in [-0.3, -0.25) is 9.59 Å². The molecule has 3 aliphatic rings. The Morgan fingerprint density at radius 2 is 1.31 bits per heavy atom. The van der Waals surface area contributed by atoms with Gasteiger partial charge in [0.05, 0.1) is 37.1 Å². The summed E-state index contributed by atoms with van der Waals surface area (Å²) in [5, 5.41) is 0. The van der Waals surface area contributed by atoms with Crippen molar-refractivity contribution in [1.82, 2.24) is 13.9 Å². The predicted octanol–water partition coefficient (Wildman–Crippen LogP) is 0.00910. The van der Waals surface area contributed by atoms with Crippen molar-refractivity contribution in [3.63, 3.8) is 0 Å². The van der Waals surface area contributed by atoms with E-state index in [1.165, 1.54) is 16.4 Å². The summed E-state index contributed by atoms with van der Waals surface area (Å²) in [7, 11) is 1.39. The Morgan fingerprint density at radius 1 is 0.923 bits per heavy atom. The van der Waals surface area contributed by atoms with Gasteiger partial charge in [-0.15, -0.1) is 0 Å². The van der Waals surface area contributed by atoms with Crippen LogP contribution < -0.4 is 11.4 Å². The molecule has 4 rings (SSSR count). The number of hydrogen-bond donors (Lipinski definition) is 0. The molecular weight excluding hydrogens is 342 g/mol. The summed E-state index contributed by atoms with van der Waals surface area (Å²) in [6.07, 6.45) is 4.32. The summed E-state index contributed by atoms with van der Waals surface area (Å²) < 4.78 is 13.7. The predicted molar refractivity (Wildman–Crippen MR) is 90.8 cm³/mol. The molecule has 0 radical (unpaired) electrons. The van der Waals surface area contributed by atoms with E-state index in [1.807, 2.05) is 0 Å². The summed E-state index contributed by atoms with van der Waals surface area (Å²) in [4.78, 5) is 49.7. The monoisotopic (exact) mass is 365 g/mol. The van der Waals surface area contributed by atoms with Crippen LogP contribution in [-0.2, 0) is 37.2 Å². The molecule has 0 saturated heterocycles. The van der Waals surface area contributed by atoms with Crippen LogP contribution in [0, 0.1) is 0 Å². The minimum atomic E-state index is -0.958. The summed E-state index contributed by atoms with van der Waals surface area (Å²) in [5.74, 6) is -0.876. The third-order valence-corrected chi connectivity index (χ3v) is 5.19. The van der Waals surface area contributed by atoms with Gasteiger partial charge in [-0.1, -0.05) is 12.2 Å². The van der Waals surface area contributed by atoms with Crippen molar-refractivity contribution in [3.05, 3.63) is 33.1 Å². The van der Waals surface area contributed by atoms with Crippen molar-refractivity contribution in [1.29, 1.82) is 0 Å². The summed E-state index contributed by atoms with van der Waals surface area (Å²) in [5.41, 5.74) is -2.95. The molecule has 26 heavy (non-hydrogen) atoms. The molecule has 2 bridgehead atoms. The SMILES string of the molecule is CCOC(=O)CC12C=CC(CC(=O)OCC)(CC1)n1c(=O)n(C)c(=O)n12. The maximum absolute atomic E-state index is 12.7. The Labute approximate surface area is 149 Å². The highest BCUT2D eigenvalue weighted by Gasteiger charge is 2.53. The average Bonchev–Trinajstić information content (AvgIpc) is 2.83. The lowest BCUT2D eigenvalue weighted by Gasteiger charge is -2.49. The zero-order valence-electron chi connectivity index (χ0n) is 15.2. The first-order chi connectivity index (χ1) is 12.3. The number of ether oxygens (including phenoxy) is 2. The fourth-order valence-electron chi connectivity index (χ4n) is 3.95. The second-order valence-electron chi connectivity index (χ2n) is 6.75. The van der Waals surface area contributed by atoms with Crippen LogP contribution >= 0.6 is 0 Å². The maximum Gasteiger partial charge on any atom is 0.347 e. The summed E-state index contributed by atoms with van der Waals surface area (Å²) in [6, 6.07) is 0. The smallest absolute Gasteiger partial charge is 0.347 e. The van der Waals surface area contributed by atoms with Gasteiger partial charge in [-0.2, -0.15) is 0 Å². The number of fused-ring (bicyclic) bond motifs is 1. The molecule has 1 aromatic rings. The van der Waals surface area contributed by atoms with Gasteiger partial charge in [0.15, 0.2) is 0 Å². The van der Waals surface area contributed by atoms with Crippen LogP contribution in [0.2, 0.25) is 0 Å². The minimum Gasteiger partial charge on any atom is -0.466 e. The zero-order chi connectivity index (χ0) is 19.1. The molecule has 3 heterocycles. The van der Waals surface area contributed by atoms with Gasteiger partial charge < -0.3 is 9.47 Å². The molecule has 0 amide bonds. The normalized spacial score (nSPS) is 25.8. The fourth-order valence-corrected chi connectivity index (χ4v) is 3.95. The van der Waals surface area contributed by atoms with E-state index < -0.39 is 34.4 Å². The van der Waals surface area contributed by atoms with Gasteiger partial charge in [-0.05, 0) is 26.7 Å². The van der Waals surface area contributed by atoms with E-state index >= 15 is 0 Å². The van der Waals surface area contributed by atoms with E-state index in [-0.39, 0.29) is 26.1 Å². The number of rotatable bonds is 6. The molecule has 0 aromatic carbocycles. The molecule has 2 unspecified atom stereocenters. The molecule has 0 spiro atoms. The molecular formula is C17H23N3O6. The van der Waals surface area contributed by atoms with Crippen LogP contribution in [0.1, 0.15) is 39.5 Å². The summed E-state index contributed by atoms with van der Waals surface area (Å²) in [6.45, 7) is 3.90. The molecule has 9 nitrogen and oxygen atoms in total. The van der Waals surface area contributed by atoms with Crippen molar-refractivity contribution in [2.24, 2.45) is 7.05 Å². The second kappa shape index (κ2) is 6.30. The van der Waals surface area contributed by atoms with Crippen LogP contribution in [0.3, 0.4) is 0 Å². The van der Waals surface area contributed by atoms with E-state index in [2.05, 4.69) is 0 Å². The number of hydrogen-bond acceptors (Lipinski definition) is 6. The maximum atomic E-state index is 12.7. The van der Waals surface area contributed by atoms with Crippen molar-refractivity contribution in [3.8, 4) is 0 Å². The zero-order valence-corrected chi connectivity index (χ0v) is 15.2. The number of carbonyl (C=O) groups is 2. The number of nitrogens with zero attached hydrogens (tertiary/aromatic N) is 3. The van der Waals surface area contributed by atoms with Crippen molar-refractivity contribution in [2.75, 3.05) is 13.2 Å². The Hall–Kier alpha value is -2.58. The van der Waals surface area contributed by atoms with Gasteiger partial charge in [0, 0.05) is 7.05 Å². The Morgan fingerprint density at radius 3 is 1.62 bits per heavy atom. The number of allylic oxidation sites excluding steroid dienone is 2. The quantitative estimate of drug-likeness (QED) is 0.520. The van der Waals surface area contributed by atoms with E-state index in [4.69, 9.17) is 9.47 Å². The molecule has 142 valence electrons. The lowest BCUT2D eigenvalue weighted by Crippen LogP contribution is -2.59. The lowest BCUT2D eigenvalue weighted by molar-refractivity contribution is -0.149. The first-order valence-electron chi connectivity index (χ1n) is 8.74. The minimum absolute atomic E-state index is 0.0454. The molecule has 1 aromatic heterocycles.